The molecule has 0 spiro atoms. The summed E-state index contributed by atoms with van der Waals surface area (Å²) in [5.41, 5.74) is 1.39. The minimum atomic E-state index is -1.24. The number of hydrogen-bond acceptors (Lipinski definition) is 3. The maximum absolute atomic E-state index is 14.6. The van der Waals surface area contributed by atoms with Crippen molar-refractivity contribution in [2.45, 2.75) is 45.3 Å². The summed E-state index contributed by atoms with van der Waals surface area (Å²) in [5, 5.41) is 12.1. The Morgan fingerprint density at radius 2 is 1.84 bits per heavy atom. The number of amides is 2. The fourth-order valence-corrected chi connectivity index (χ4v) is 4.00. The van der Waals surface area contributed by atoms with Gasteiger partial charge in [-0.1, -0.05) is 39.0 Å². The summed E-state index contributed by atoms with van der Waals surface area (Å²) >= 11 is 0. The van der Waals surface area contributed by atoms with Gasteiger partial charge in [-0.05, 0) is 40.7 Å². The highest BCUT2D eigenvalue weighted by Crippen LogP contribution is 2.33. The zero-order chi connectivity index (χ0) is 22.9. The van der Waals surface area contributed by atoms with Gasteiger partial charge in [0.25, 0.3) is 5.91 Å². The third-order valence-electron chi connectivity index (χ3n) is 5.30. The Balaban J connectivity index is 1.95. The molecule has 166 valence electrons. The lowest BCUT2D eigenvalue weighted by Gasteiger charge is -2.34. The summed E-state index contributed by atoms with van der Waals surface area (Å²) in [6, 6.07) is 6.33. The molecule has 1 heterocycles. The Hall–Kier alpha value is -3.00. The molecule has 2 aromatic carbocycles. The van der Waals surface area contributed by atoms with Gasteiger partial charge in [0.05, 0.1) is 6.61 Å². The molecule has 0 aliphatic carbocycles. The van der Waals surface area contributed by atoms with Crippen molar-refractivity contribution in [1.29, 1.82) is 0 Å². The van der Waals surface area contributed by atoms with Crippen molar-refractivity contribution in [3.8, 4) is 0 Å². The maximum Gasteiger partial charge on any atom is 0.408 e. The zero-order valence-corrected chi connectivity index (χ0v) is 18.0. The maximum atomic E-state index is 14.6. The SMILES string of the molecule is COCc1ccc2c(c1)CCN(C(=O)O)[C@@H]2C(=O)Nc1cc(F)c(C(C)(C)C)c(F)c1. The third kappa shape index (κ3) is 4.69. The minimum absolute atomic E-state index is 0.0681. The van der Waals surface area contributed by atoms with Gasteiger partial charge in [0.2, 0.25) is 0 Å². The molecule has 31 heavy (non-hydrogen) atoms. The lowest BCUT2D eigenvalue weighted by atomic mass is 9.86. The molecule has 2 amide bonds. The molecule has 3 rings (SSSR count). The van der Waals surface area contributed by atoms with Crippen molar-refractivity contribution in [3.63, 3.8) is 0 Å². The van der Waals surface area contributed by atoms with Crippen LogP contribution in [0.2, 0.25) is 0 Å². The fraction of sp³-hybridized carbons (Fsp3) is 0.391. The molecule has 6 nitrogen and oxygen atoms in total. The number of benzene rings is 2. The summed E-state index contributed by atoms with van der Waals surface area (Å²) in [5.74, 6) is -2.22. The third-order valence-corrected chi connectivity index (χ3v) is 5.30. The van der Waals surface area contributed by atoms with E-state index < -0.39 is 35.1 Å². The lowest BCUT2D eigenvalue weighted by Crippen LogP contribution is -2.44. The second-order valence-electron chi connectivity index (χ2n) is 8.65. The van der Waals surface area contributed by atoms with Crippen LogP contribution < -0.4 is 5.32 Å². The molecule has 8 heteroatoms. The van der Waals surface area contributed by atoms with Crippen LogP contribution in [0.15, 0.2) is 30.3 Å². The molecular weight excluding hydrogens is 406 g/mol. The van der Waals surface area contributed by atoms with Crippen LogP contribution in [-0.2, 0) is 28.0 Å². The van der Waals surface area contributed by atoms with Crippen LogP contribution in [-0.4, -0.2) is 35.7 Å². The molecule has 2 N–H and O–H groups in total. The largest absolute Gasteiger partial charge is 0.465 e. The number of methoxy groups -OCH3 is 1. The number of hydrogen-bond donors (Lipinski definition) is 2. The second-order valence-corrected chi connectivity index (χ2v) is 8.65. The number of carboxylic acid groups (broad SMARTS) is 1. The number of rotatable bonds is 4. The number of halogens is 2. The number of ether oxygens (including phenoxy) is 1. The molecule has 0 unspecified atom stereocenters. The Kier molecular flexibility index (Phi) is 6.31. The van der Waals surface area contributed by atoms with Crippen molar-refractivity contribution in [3.05, 3.63) is 64.2 Å². The van der Waals surface area contributed by atoms with Gasteiger partial charge in [-0.15, -0.1) is 0 Å². The minimum Gasteiger partial charge on any atom is -0.465 e. The molecule has 2 aromatic rings. The Bertz CT molecular complexity index is 994. The van der Waals surface area contributed by atoms with Gasteiger partial charge in [0, 0.05) is 24.9 Å². The lowest BCUT2D eigenvalue weighted by molar-refractivity contribution is -0.121. The van der Waals surface area contributed by atoms with Gasteiger partial charge >= 0.3 is 6.09 Å². The highest BCUT2D eigenvalue weighted by molar-refractivity contribution is 5.97. The van der Waals surface area contributed by atoms with E-state index in [1.165, 1.54) is 0 Å². The Morgan fingerprint density at radius 3 is 2.39 bits per heavy atom. The second kappa shape index (κ2) is 8.63. The van der Waals surface area contributed by atoms with E-state index in [4.69, 9.17) is 4.74 Å². The highest BCUT2D eigenvalue weighted by Gasteiger charge is 2.36. The highest BCUT2D eigenvalue weighted by atomic mass is 19.1. The molecule has 1 aliphatic heterocycles. The van der Waals surface area contributed by atoms with Crippen LogP contribution in [0, 0.1) is 11.6 Å². The van der Waals surface area contributed by atoms with Crippen molar-refractivity contribution in [2.24, 2.45) is 0 Å². The predicted molar refractivity (Wildman–Crippen MR) is 112 cm³/mol. The summed E-state index contributed by atoms with van der Waals surface area (Å²) in [6.45, 7) is 5.59. The van der Waals surface area contributed by atoms with Crippen molar-refractivity contribution < 1.29 is 28.2 Å². The van der Waals surface area contributed by atoms with Gasteiger partial charge in [0.15, 0.2) is 0 Å². The zero-order valence-electron chi connectivity index (χ0n) is 18.0. The van der Waals surface area contributed by atoms with Gasteiger partial charge in [-0.2, -0.15) is 0 Å². The first-order valence-corrected chi connectivity index (χ1v) is 9.93. The van der Waals surface area contributed by atoms with Crippen LogP contribution in [0.4, 0.5) is 19.3 Å². The van der Waals surface area contributed by atoms with E-state index in [2.05, 4.69) is 5.32 Å². The first-order chi connectivity index (χ1) is 14.5. The van der Waals surface area contributed by atoms with E-state index in [1.54, 1.807) is 40.0 Å². The number of nitrogens with one attached hydrogen (secondary N) is 1. The quantitative estimate of drug-likeness (QED) is 0.739. The van der Waals surface area contributed by atoms with E-state index >= 15 is 0 Å². The molecular formula is C23H26F2N2O4. The molecule has 0 saturated heterocycles. The first-order valence-electron chi connectivity index (χ1n) is 9.93. The Morgan fingerprint density at radius 1 is 1.19 bits per heavy atom. The molecule has 1 atom stereocenters. The van der Waals surface area contributed by atoms with E-state index in [-0.39, 0.29) is 17.8 Å². The van der Waals surface area contributed by atoms with Gasteiger partial charge in [-0.25, -0.2) is 13.6 Å². The fourth-order valence-electron chi connectivity index (χ4n) is 4.00. The van der Waals surface area contributed by atoms with Gasteiger partial charge in [0.1, 0.15) is 17.7 Å². The summed E-state index contributed by atoms with van der Waals surface area (Å²) < 4.78 is 34.2. The van der Waals surface area contributed by atoms with Crippen molar-refractivity contribution in [2.75, 3.05) is 19.0 Å². The van der Waals surface area contributed by atoms with Crippen LogP contribution in [0.1, 0.15) is 49.1 Å². The molecule has 0 fully saturated rings. The Labute approximate surface area is 179 Å². The average Bonchev–Trinajstić information content (AvgIpc) is 2.65. The van der Waals surface area contributed by atoms with E-state index in [0.717, 1.165) is 28.2 Å². The summed E-state index contributed by atoms with van der Waals surface area (Å²) in [7, 11) is 1.57. The molecule has 0 saturated carbocycles. The van der Waals surface area contributed by atoms with Crippen LogP contribution >= 0.6 is 0 Å². The van der Waals surface area contributed by atoms with Gasteiger partial charge < -0.3 is 15.2 Å². The van der Waals surface area contributed by atoms with Crippen LogP contribution in [0.5, 0.6) is 0 Å². The number of fused-ring (bicyclic) bond motifs is 1. The number of anilines is 1. The molecule has 0 radical (unpaired) electrons. The smallest absolute Gasteiger partial charge is 0.408 e. The predicted octanol–water partition coefficient (Wildman–Crippen LogP) is 4.62. The molecule has 0 bridgehead atoms. The number of carbonyl (C=O) groups excluding carboxylic acids is 1. The standard InChI is InChI=1S/C23H26F2N2O4/c1-23(2,3)19-17(24)10-15(11-18(19)25)26-21(28)20-16-6-5-13(12-31-4)9-14(16)7-8-27(20)22(29)30/h5-6,9-11,20H,7-8,12H2,1-4H3,(H,26,28)(H,29,30)/t20-/m0/s1. The summed E-state index contributed by atoms with van der Waals surface area (Å²) in [6.07, 6.45) is -0.792. The van der Waals surface area contributed by atoms with E-state index in [9.17, 15) is 23.5 Å². The number of nitrogens with zero attached hydrogens (tertiary/aromatic N) is 1. The van der Waals surface area contributed by atoms with E-state index in [1.807, 2.05) is 6.07 Å². The monoisotopic (exact) mass is 432 g/mol. The number of carbonyl (C=O) groups is 2. The first kappa shape index (κ1) is 22.7. The summed E-state index contributed by atoms with van der Waals surface area (Å²) in [4.78, 5) is 25.9. The molecule has 0 aromatic heterocycles. The average molecular weight is 432 g/mol. The normalized spacial score (nSPS) is 16.1. The molecule has 1 aliphatic rings. The van der Waals surface area contributed by atoms with Crippen molar-refractivity contribution in [1.82, 2.24) is 4.90 Å². The van der Waals surface area contributed by atoms with E-state index in [0.29, 0.717) is 18.6 Å². The van der Waals surface area contributed by atoms with Crippen LogP contribution in [0.25, 0.3) is 0 Å². The van der Waals surface area contributed by atoms with Crippen LogP contribution in [0.3, 0.4) is 0 Å². The van der Waals surface area contributed by atoms with Crippen molar-refractivity contribution >= 4 is 17.7 Å². The van der Waals surface area contributed by atoms with Gasteiger partial charge in [-0.3, -0.25) is 9.69 Å². The topological polar surface area (TPSA) is 78.9 Å².